The summed E-state index contributed by atoms with van der Waals surface area (Å²) in [4.78, 5) is 11.8. The van der Waals surface area contributed by atoms with E-state index in [1.165, 1.54) is 0 Å². The van der Waals surface area contributed by atoms with Gasteiger partial charge < -0.3 is 15.5 Å². The first-order chi connectivity index (χ1) is 8.06. The van der Waals surface area contributed by atoms with E-state index in [0.717, 1.165) is 4.47 Å². The number of furan rings is 1. The Morgan fingerprint density at radius 1 is 1.35 bits per heavy atom. The van der Waals surface area contributed by atoms with Crippen LogP contribution < -0.4 is 11.1 Å². The van der Waals surface area contributed by atoms with Crippen molar-refractivity contribution in [2.75, 3.05) is 11.1 Å². The smallest absolute Gasteiger partial charge is 0.291 e. The predicted molar refractivity (Wildman–Crippen MR) is 70.0 cm³/mol. The first-order valence-corrected chi connectivity index (χ1v) is 5.78. The molecule has 5 heteroatoms. The van der Waals surface area contributed by atoms with E-state index in [-0.39, 0.29) is 11.7 Å². The Bertz CT molecular complexity index is 563. The molecule has 0 radical (unpaired) electrons. The molecule has 1 aromatic heterocycles. The Morgan fingerprint density at radius 3 is 2.71 bits per heavy atom. The molecule has 1 amide bonds. The van der Waals surface area contributed by atoms with Crippen molar-refractivity contribution >= 4 is 33.2 Å². The van der Waals surface area contributed by atoms with Crippen molar-refractivity contribution in [3.63, 3.8) is 0 Å². The molecule has 17 heavy (non-hydrogen) atoms. The SMILES string of the molecule is Cc1ccc(C(=O)Nc2ccc(Br)c(N)c2)o1. The number of benzene rings is 1. The highest BCUT2D eigenvalue weighted by Gasteiger charge is 2.10. The number of amides is 1. The van der Waals surface area contributed by atoms with Crippen molar-refractivity contribution in [1.29, 1.82) is 0 Å². The summed E-state index contributed by atoms with van der Waals surface area (Å²) in [5.74, 6) is 0.689. The molecule has 3 N–H and O–H groups in total. The molecule has 0 bridgehead atoms. The van der Waals surface area contributed by atoms with E-state index >= 15 is 0 Å². The van der Waals surface area contributed by atoms with Gasteiger partial charge in [-0.15, -0.1) is 0 Å². The molecule has 0 saturated heterocycles. The normalized spacial score (nSPS) is 10.2. The van der Waals surface area contributed by atoms with Gasteiger partial charge in [0.15, 0.2) is 5.76 Å². The highest BCUT2D eigenvalue weighted by molar-refractivity contribution is 9.10. The van der Waals surface area contributed by atoms with E-state index in [2.05, 4.69) is 21.2 Å². The fourth-order valence-corrected chi connectivity index (χ4v) is 1.62. The molecule has 0 aliphatic rings. The quantitative estimate of drug-likeness (QED) is 0.836. The van der Waals surface area contributed by atoms with E-state index in [4.69, 9.17) is 10.2 Å². The molecule has 88 valence electrons. The van der Waals surface area contributed by atoms with Crippen LogP contribution in [0.25, 0.3) is 0 Å². The van der Waals surface area contributed by atoms with E-state index in [0.29, 0.717) is 17.1 Å². The molecule has 0 unspecified atom stereocenters. The number of hydrogen-bond donors (Lipinski definition) is 2. The Labute approximate surface area is 107 Å². The van der Waals surface area contributed by atoms with E-state index in [1.807, 2.05) is 0 Å². The number of rotatable bonds is 2. The van der Waals surface area contributed by atoms with Crippen LogP contribution in [0.3, 0.4) is 0 Å². The Hall–Kier alpha value is -1.75. The highest BCUT2D eigenvalue weighted by Crippen LogP contribution is 2.23. The monoisotopic (exact) mass is 294 g/mol. The van der Waals surface area contributed by atoms with Gasteiger partial charge in [-0.05, 0) is 53.2 Å². The number of nitrogens with two attached hydrogens (primary N) is 1. The zero-order valence-electron chi connectivity index (χ0n) is 9.16. The van der Waals surface area contributed by atoms with Crippen LogP contribution in [0.4, 0.5) is 11.4 Å². The van der Waals surface area contributed by atoms with Gasteiger partial charge in [0, 0.05) is 15.8 Å². The molecule has 0 spiro atoms. The van der Waals surface area contributed by atoms with Gasteiger partial charge in [0.05, 0.1) is 0 Å². The molecule has 1 aromatic carbocycles. The number of carbonyl (C=O) groups is 1. The summed E-state index contributed by atoms with van der Waals surface area (Å²) < 4.78 is 6.01. The first-order valence-electron chi connectivity index (χ1n) is 4.99. The molecule has 1 heterocycles. The van der Waals surface area contributed by atoms with Crippen LogP contribution in [-0.4, -0.2) is 5.91 Å². The minimum atomic E-state index is -0.292. The summed E-state index contributed by atoms with van der Waals surface area (Å²) in [5, 5.41) is 2.71. The van der Waals surface area contributed by atoms with Gasteiger partial charge >= 0.3 is 0 Å². The fraction of sp³-hybridized carbons (Fsp3) is 0.0833. The molecule has 0 saturated carbocycles. The Morgan fingerprint density at radius 2 is 2.12 bits per heavy atom. The van der Waals surface area contributed by atoms with Gasteiger partial charge in [0.25, 0.3) is 5.91 Å². The van der Waals surface area contributed by atoms with Crippen LogP contribution in [0.15, 0.2) is 39.2 Å². The lowest BCUT2D eigenvalue weighted by Gasteiger charge is -2.05. The standard InChI is InChI=1S/C12H11BrN2O2/c1-7-2-5-11(17-7)12(16)15-8-3-4-9(13)10(14)6-8/h2-6H,14H2,1H3,(H,15,16). The van der Waals surface area contributed by atoms with Gasteiger partial charge in [0.2, 0.25) is 0 Å². The minimum Gasteiger partial charge on any atom is -0.456 e. The van der Waals surface area contributed by atoms with Crippen molar-refractivity contribution < 1.29 is 9.21 Å². The maximum Gasteiger partial charge on any atom is 0.291 e. The third-order valence-corrected chi connectivity index (χ3v) is 2.94. The lowest BCUT2D eigenvalue weighted by molar-refractivity contribution is 0.0995. The van der Waals surface area contributed by atoms with Gasteiger partial charge in [-0.1, -0.05) is 0 Å². The molecule has 4 nitrogen and oxygen atoms in total. The van der Waals surface area contributed by atoms with Crippen molar-refractivity contribution in [3.8, 4) is 0 Å². The second kappa shape index (κ2) is 4.63. The van der Waals surface area contributed by atoms with Gasteiger partial charge in [-0.2, -0.15) is 0 Å². The lowest BCUT2D eigenvalue weighted by Crippen LogP contribution is -2.11. The number of hydrogen-bond acceptors (Lipinski definition) is 3. The zero-order valence-corrected chi connectivity index (χ0v) is 10.7. The van der Waals surface area contributed by atoms with Crippen molar-refractivity contribution in [2.24, 2.45) is 0 Å². The minimum absolute atomic E-state index is 0.281. The zero-order chi connectivity index (χ0) is 12.4. The molecule has 0 aliphatic carbocycles. The summed E-state index contributed by atoms with van der Waals surface area (Å²) in [5.41, 5.74) is 6.91. The Kier molecular flexibility index (Phi) is 3.19. The molecule has 0 fully saturated rings. The van der Waals surface area contributed by atoms with Crippen LogP contribution in [0, 0.1) is 6.92 Å². The van der Waals surface area contributed by atoms with Crippen molar-refractivity contribution in [1.82, 2.24) is 0 Å². The lowest BCUT2D eigenvalue weighted by atomic mass is 10.3. The first kappa shape index (κ1) is 11.7. The third-order valence-electron chi connectivity index (χ3n) is 2.22. The van der Waals surface area contributed by atoms with E-state index in [1.54, 1.807) is 37.3 Å². The van der Waals surface area contributed by atoms with Gasteiger partial charge in [-0.3, -0.25) is 4.79 Å². The number of anilines is 2. The van der Waals surface area contributed by atoms with Crippen LogP contribution in [0.5, 0.6) is 0 Å². The average molecular weight is 295 g/mol. The summed E-state index contributed by atoms with van der Waals surface area (Å²) in [6.45, 7) is 1.79. The summed E-state index contributed by atoms with van der Waals surface area (Å²) in [6.07, 6.45) is 0. The second-order valence-corrected chi connectivity index (χ2v) is 4.46. The molecule has 0 atom stereocenters. The third kappa shape index (κ3) is 2.68. The van der Waals surface area contributed by atoms with Crippen molar-refractivity contribution in [3.05, 3.63) is 46.3 Å². The Balaban J connectivity index is 2.15. The predicted octanol–water partition coefficient (Wildman–Crippen LogP) is 3.19. The van der Waals surface area contributed by atoms with Crippen LogP contribution >= 0.6 is 15.9 Å². The van der Waals surface area contributed by atoms with Crippen LogP contribution in [0.1, 0.15) is 16.3 Å². The van der Waals surface area contributed by atoms with E-state index in [9.17, 15) is 4.79 Å². The number of nitrogen functional groups attached to an aromatic ring is 1. The summed E-state index contributed by atoms with van der Waals surface area (Å²) in [6, 6.07) is 8.59. The molecule has 0 aliphatic heterocycles. The molecule has 2 rings (SSSR count). The fourth-order valence-electron chi connectivity index (χ4n) is 1.37. The van der Waals surface area contributed by atoms with E-state index < -0.39 is 0 Å². The highest BCUT2D eigenvalue weighted by atomic mass is 79.9. The topological polar surface area (TPSA) is 68.3 Å². The summed E-state index contributed by atoms with van der Waals surface area (Å²) in [7, 11) is 0. The largest absolute Gasteiger partial charge is 0.456 e. The summed E-state index contributed by atoms with van der Waals surface area (Å²) >= 11 is 3.29. The number of nitrogens with one attached hydrogen (secondary N) is 1. The van der Waals surface area contributed by atoms with Crippen LogP contribution in [0.2, 0.25) is 0 Å². The van der Waals surface area contributed by atoms with Crippen LogP contribution in [-0.2, 0) is 0 Å². The van der Waals surface area contributed by atoms with Gasteiger partial charge in [0.1, 0.15) is 5.76 Å². The number of halogens is 1. The number of carbonyl (C=O) groups excluding carboxylic acids is 1. The maximum atomic E-state index is 11.8. The maximum absolute atomic E-state index is 11.8. The molecular formula is C12H11BrN2O2. The average Bonchev–Trinajstić information content (AvgIpc) is 2.70. The van der Waals surface area contributed by atoms with Gasteiger partial charge in [-0.25, -0.2) is 0 Å². The second-order valence-electron chi connectivity index (χ2n) is 3.60. The van der Waals surface area contributed by atoms with Crippen molar-refractivity contribution in [2.45, 2.75) is 6.92 Å². The molecule has 2 aromatic rings. The molecular weight excluding hydrogens is 284 g/mol. The number of aryl methyl sites for hydroxylation is 1.